The minimum atomic E-state index is -3.91. The summed E-state index contributed by atoms with van der Waals surface area (Å²) in [4.78, 5) is 13.4. The Hall–Kier alpha value is -3.46. The molecule has 0 unspecified atom stereocenters. The van der Waals surface area contributed by atoms with Gasteiger partial charge in [0.1, 0.15) is 24.4 Å². The summed E-state index contributed by atoms with van der Waals surface area (Å²) in [5.74, 6) is -0.207. The molecule has 13 heteroatoms. The van der Waals surface area contributed by atoms with Gasteiger partial charge in [-0.1, -0.05) is 17.5 Å². The topological polar surface area (TPSA) is 142 Å². The van der Waals surface area contributed by atoms with Crippen LogP contribution in [-0.2, 0) is 24.2 Å². The quantitative estimate of drug-likeness (QED) is 0.0296. The summed E-state index contributed by atoms with van der Waals surface area (Å²) in [6.07, 6.45) is 1.61. The second-order valence-corrected chi connectivity index (χ2v) is 13.2. The summed E-state index contributed by atoms with van der Waals surface area (Å²) in [5, 5.41) is 23.6. The summed E-state index contributed by atoms with van der Waals surface area (Å²) in [6.45, 7) is 11.9. The van der Waals surface area contributed by atoms with Crippen LogP contribution in [0.2, 0.25) is 0 Å². The number of hydrogen-bond donors (Lipinski definition) is 3. The average molecular weight is 673 g/mol. The first-order valence-electron chi connectivity index (χ1n) is 15.5. The minimum Gasteiger partial charge on any atom is -0.481 e. The molecule has 0 amide bonds. The Morgan fingerprint density at radius 2 is 1.70 bits per heavy atom. The smallest absolute Gasteiger partial charge is 0.303 e. The zero-order valence-corrected chi connectivity index (χ0v) is 28.2. The van der Waals surface area contributed by atoms with E-state index in [9.17, 15) is 13.2 Å². The third-order valence-electron chi connectivity index (χ3n) is 7.99. The summed E-state index contributed by atoms with van der Waals surface area (Å²) in [5.41, 5.74) is 3.98. The van der Waals surface area contributed by atoms with E-state index >= 15 is 0 Å². The molecular formula is C33H42N3O8S2+. The summed E-state index contributed by atoms with van der Waals surface area (Å²) >= 11 is 0.690. The number of anilines is 1. The van der Waals surface area contributed by atoms with Gasteiger partial charge in [0.25, 0.3) is 0 Å². The molecule has 248 valence electrons. The van der Waals surface area contributed by atoms with Crippen molar-refractivity contribution in [2.24, 2.45) is 0 Å². The maximum atomic E-state index is 13.2. The lowest BCUT2D eigenvalue weighted by molar-refractivity contribution is -0.432. The van der Waals surface area contributed by atoms with E-state index < -0.39 is 16.0 Å². The van der Waals surface area contributed by atoms with Crippen LogP contribution in [0.15, 0.2) is 68.8 Å². The second-order valence-electron chi connectivity index (χ2n) is 10.7. The van der Waals surface area contributed by atoms with Crippen molar-refractivity contribution in [1.82, 2.24) is 9.30 Å². The van der Waals surface area contributed by atoms with Crippen LogP contribution in [0.4, 0.5) is 5.69 Å². The number of fused-ring (bicyclic) bond motifs is 2. The largest absolute Gasteiger partial charge is 0.481 e. The van der Waals surface area contributed by atoms with Crippen molar-refractivity contribution >= 4 is 44.7 Å². The molecule has 0 saturated carbocycles. The van der Waals surface area contributed by atoms with Gasteiger partial charge >= 0.3 is 5.97 Å². The molecule has 0 aromatic heterocycles. The first-order valence-corrected chi connectivity index (χ1v) is 17.7. The van der Waals surface area contributed by atoms with Gasteiger partial charge in [-0.2, -0.15) is 0 Å². The van der Waals surface area contributed by atoms with Gasteiger partial charge in [0.15, 0.2) is 0 Å². The molecule has 11 nitrogen and oxygen atoms in total. The van der Waals surface area contributed by atoms with Crippen LogP contribution in [0.1, 0.15) is 53.4 Å². The first kappa shape index (κ1) is 35.4. The molecule has 1 aliphatic heterocycles. The summed E-state index contributed by atoms with van der Waals surface area (Å²) in [6, 6.07) is 16.9. The zero-order chi connectivity index (χ0) is 33.3. The van der Waals surface area contributed by atoms with Crippen molar-refractivity contribution in [2.45, 2.75) is 63.2 Å². The Morgan fingerprint density at radius 1 is 0.957 bits per heavy atom. The molecule has 1 aliphatic carbocycles. The Kier molecular flexibility index (Phi) is 12.6. The van der Waals surface area contributed by atoms with Gasteiger partial charge in [0, 0.05) is 65.3 Å². The van der Waals surface area contributed by atoms with Gasteiger partial charge in [0.05, 0.1) is 23.0 Å². The number of hydrogen-bond acceptors (Lipinski definition) is 9. The monoisotopic (exact) mass is 672 g/mol. The van der Waals surface area contributed by atoms with Crippen LogP contribution in [0.3, 0.4) is 0 Å². The van der Waals surface area contributed by atoms with Crippen molar-refractivity contribution in [3.63, 3.8) is 0 Å². The molecule has 0 atom stereocenters. The van der Waals surface area contributed by atoms with Gasteiger partial charge in [-0.15, -0.1) is 4.33 Å². The molecule has 2 aromatic rings. The van der Waals surface area contributed by atoms with Crippen LogP contribution in [0.5, 0.6) is 0 Å². The van der Waals surface area contributed by atoms with Crippen LogP contribution in [0.25, 0.3) is 33.4 Å². The molecule has 46 heavy (non-hydrogen) atoms. The zero-order valence-electron chi connectivity index (χ0n) is 26.6. The molecule has 2 aliphatic rings. The highest BCUT2D eigenvalue weighted by Crippen LogP contribution is 2.44. The molecule has 0 radical (unpaired) electrons. The van der Waals surface area contributed by atoms with E-state index in [2.05, 4.69) is 46.9 Å². The lowest BCUT2D eigenvalue weighted by Gasteiger charge is -2.22. The van der Waals surface area contributed by atoms with Crippen molar-refractivity contribution in [3.8, 4) is 22.5 Å². The number of carboxylic acid groups (broad SMARTS) is 1. The predicted octanol–water partition coefficient (Wildman–Crippen LogP) is 6.21. The molecule has 2 aromatic carbocycles. The van der Waals surface area contributed by atoms with Gasteiger partial charge < -0.3 is 14.4 Å². The number of benzene rings is 3. The number of carboxylic acids is 1. The van der Waals surface area contributed by atoms with Crippen LogP contribution < -0.4 is 19.6 Å². The highest BCUT2D eigenvalue weighted by atomic mass is 32.2. The maximum absolute atomic E-state index is 13.2. The summed E-state index contributed by atoms with van der Waals surface area (Å²) < 4.78 is 42.7. The van der Waals surface area contributed by atoms with E-state index in [0.29, 0.717) is 53.1 Å². The van der Waals surface area contributed by atoms with Crippen molar-refractivity contribution in [2.75, 3.05) is 37.6 Å². The predicted molar refractivity (Wildman–Crippen MR) is 180 cm³/mol. The van der Waals surface area contributed by atoms with Gasteiger partial charge in [-0.25, -0.2) is 23.0 Å². The van der Waals surface area contributed by atoms with E-state index in [1.54, 1.807) is 6.07 Å². The molecular weight excluding hydrogens is 631 g/mol. The second kappa shape index (κ2) is 16.4. The fraction of sp³-hybridized carbons (Fsp3) is 0.394. The number of rotatable bonds is 17. The number of carbonyl (C=O) groups is 1. The molecule has 3 N–H and O–H groups in total. The lowest BCUT2D eigenvalue weighted by Crippen LogP contribution is -2.29. The van der Waals surface area contributed by atoms with E-state index in [1.807, 2.05) is 36.4 Å². The fourth-order valence-electron chi connectivity index (χ4n) is 5.59. The van der Waals surface area contributed by atoms with Crippen molar-refractivity contribution in [1.29, 1.82) is 0 Å². The van der Waals surface area contributed by atoms with Crippen LogP contribution in [0, 0.1) is 0 Å². The highest BCUT2D eigenvalue weighted by Gasteiger charge is 2.24. The average Bonchev–Trinajstić information content (AvgIpc) is 3.05. The molecule has 0 bridgehead atoms. The van der Waals surface area contributed by atoms with Crippen LogP contribution >= 0.6 is 12.0 Å². The van der Waals surface area contributed by atoms with Gasteiger partial charge in [-0.3, -0.25) is 4.79 Å². The third kappa shape index (κ3) is 8.27. The molecule has 0 saturated heterocycles. The van der Waals surface area contributed by atoms with Gasteiger partial charge in [0.2, 0.25) is 15.4 Å². The molecule has 0 spiro atoms. The molecule has 1 heterocycles. The molecule has 0 fully saturated rings. The fourth-order valence-corrected chi connectivity index (χ4v) is 7.31. The Morgan fingerprint density at radius 3 is 2.37 bits per heavy atom. The number of nitrogens with one attached hydrogen (secondary N) is 1. The Balaban J connectivity index is 1.87. The van der Waals surface area contributed by atoms with E-state index in [4.69, 9.17) is 19.1 Å². The van der Waals surface area contributed by atoms with Crippen molar-refractivity contribution < 1.29 is 37.4 Å². The third-order valence-corrected chi connectivity index (χ3v) is 10.1. The maximum Gasteiger partial charge on any atom is 0.303 e. The number of sulfonamides is 1. The standard InChI is InChI=1S/C33H41N3O8S2/c1-5-35(6-2)23-13-16-26-29(20-23)42-30-21-24(36(7-3)8-4)14-17-27(30)33(26)28-18-15-25(22-31(28)45-44-43-39)46(40,41)34-19-11-9-10-12-32(37)38/h13-18,20-22,34H,5-12,19H2,1-4H3,(H-,37,38,39)/p+1. The van der Waals surface area contributed by atoms with E-state index in [-0.39, 0.29) is 17.9 Å². The van der Waals surface area contributed by atoms with Crippen LogP contribution in [-0.4, -0.2) is 57.5 Å². The Labute approximate surface area is 273 Å². The SMILES string of the molecule is CCN(CC)c1ccc2c(-c3ccc(S(=O)(=O)NCCCCCC(=O)O)cc3SOOO)c3ccc(=[N+](CC)CC)cc-3oc2c1. The minimum absolute atomic E-state index is 0.00712. The summed E-state index contributed by atoms with van der Waals surface area (Å²) in [7, 11) is -3.91. The van der Waals surface area contributed by atoms with E-state index in [1.165, 1.54) is 12.1 Å². The van der Waals surface area contributed by atoms with E-state index in [0.717, 1.165) is 53.7 Å². The number of nitrogens with zero attached hydrogens (tertiary/aromatic N) is 2. The first-order chi connectivity index (χ1) is 22.2. The highest BCUT2D eigenvalue weighted by molar-refractivity contribution is 7.94. The normalized spacial score (nSPS) is 11.8. The molecule has 4 rings (SSSR count). The van der Waals surface area contributed by atoms with Crippen molar-refractivity contribution in [3.05, 3.63) is 60.0 Å². The number of unbranched alkanes of at least 4 members (excludes halogenated alkanes) is 2. The number of aliphatic carboxylic acids is 1. The Bertz CT molecular complexity index is 1800. The van der Waals surface area contributed by atoms with Gasteiger partial charge in [-0.05, 0) is 76.4 Å². The lowest BCUT2D eigenvalue weighted by atomic mass is 9.93.